The molecule has 0 radical (unpaired) electrons. The van der Waals surface area contributed by atoms with Gasteiger partial charge < -0.3 is 15.2 Å². The normalized spacial score (nSPS) is 10.2. The Bertz CT molecular complexity index is 454. The molecule has 0 atom stereocenters. The summed E-state index contributed by atoms with van der Waals surface area (Å²) in [6.07, 6.45) is 0. The van der Waals surface area contributed by atoms with Crippen LogP contribution in [0.3, 0.4) is 0 Å². The van der Waals surface area contributed by atoms with Gasteiger partial charge in [-0.25, -0.2) is 9.18 Å². The predicted octanol–water partition coefficient (Wildman–Crippen LogP) is 2.86. The molecule has 0 unspecified atom stereocenters. The first kappa shape index (κ1) is 14.9. The average Bonchev–Trinajstić information content (AvgIpc) is 2.32. The molecule has 0 fully saturated rings. The number of esters is 1. The number of carbonyl (C=O) groups excluding carboxylic acids is 1. The van der Waals surface area contributed by atoms with Crippen LogP contribution < -0.4 is 10.5 Å². The van der Waals surface area contributed by atoms with Gasteiger partial charge in [-0.3, -0.25) is 0 Å². The van der Waals surface area contributed by atoms with Crippen LogP contribution in [0.2, 0.25) is 5.02 Å². The number of nitrogens with two attached hydrogens (primary N) is 1. The summed E-state index contributed by atoms with van der Waals surface area (Å²) in [6, 6.07) is 1.17. The van der Waals surface area contributed by atoms with Gasteiger partial charge in [-0.15, -0.1) is 11.6 Å². The quantitative estimate of drug-likeness (QED) is 0.515. The van der Waals surface area contributed by atoms with E-state index in [1.165, 1.54) is 6.07 Å². The van der Waals surface area contributed by atoms with Crippen molar-refractivity contribution in [3.05, 3.63) is 22.5 Å². The minimum absolute atomic E-state index is 0.0505. The van der Waals surface area contributed by atoms with E-state index in [4.69, 9.17) is 38.4 Å². The second-order valence-corrected chi connectivity index (χ2v) is 4.01. The lowest BCUT2D eigenvalue weighted by molar-refractivity contribution is 0.0516. The molecular weight excluding hydrogens is 284 g/mol. The van der Waals surface area contributed by atoms with Crippen LogP contribution in [0, 0.1) is 5.82 Å². The maximum atomic E-state index is 13.8. The number of hydrogen-bond acceptors (Lipinski definition) is 4. The standard InChI is InChI=1S/C11H12Cl2FNO3/c1-2-17-11(16)8-9(14)6(13)5-7(15)10(8)18-4-3-12/h5H,2-4,15H2,1H3. The molecule has 0 heterocycles. The summed E-state index contributed by atoms with van der Waals surface area (Å²) < 4.78 is 23.7. The van der Waals surface area contributed by atoms with Gasteiger partial charge in [0.2, 0.25) is 0 Å². The predicted molar refractivity (Wildman–Crippen MR) is 68.0 cm³/mol. The molecule has 0 aromatic heterocycles. The zero-order chi connectivity index (χ0) is 13.7. The van der Waals surface area contributed by atoms with Crippen molar-refractivity contribution in [2.24, 2.45) is 0 Å². The molecule has 2 N–H and O–H groups in total. The largest absolute Gasteiger partial charge is 0.489 e. The third kappa shape index (κ3) is 3.17. The summed E-state index contributed by atoms with van der Waals surface area (Å²) >= 11 is 11.1. The van der Waals surface area contributed by atoms with Crippen molar-refractivity contribution >= 4 is 34.9 Å². The van der Waals surface area contributed by atoms with Crippen LogP contribution in [0.25, 0.3) is 0 Å². The highest BCUT2D eigenvalue weighted by molar-refractivity contribution is 6.31. The molecule has 1 aromatic rings. The van der Waals surface area contributed by atoms with E-state index in [1.54, 1.807) is 6.92 Å². The van der Waals surface area contributed by atoms with Crippen LogP contribution in [-0.4, -0.2) is 25.1 Å². The molecule has 0 spiro atoms. The van der Waals surface area contributed by atoms with E-state index in [2.05, 4.69) is 0 Å². The molecule has 4 nitrogen and oxygen atoms in total. The fraction of sp³-hybridized carbons (Fsp3) is 0.364. The topological polar surface area (TPSA) is 61.5 Å². The summed E-state index contributed by atoms with van der Waals surface area (Å²) in [5, 5.41) is -0.270. The molecule has 18 heavy (non-hydrogen) atoms. The van der Waals surface area contributed by atoms with Crippen LogP contribution in [0.15, 0.2) is 6.07 Å². The van der Waals surface area contributed by atoms with E-state index < -0.39 is 17.3 Å². The van der Waals surface area contributed by atoms with Gasteiger partial charge in [0.1, 0.15) is 12.2 Å². The number of ether oxygens (including phenoxy) is 2. The van der Waals surface area contributed by atoms with Crippen LogP contribution in [0.1, 0.15) is 17.3 Å². The van der Waals surface area contributed by atoms with Crippen LogP contribution in [-0.2, 0) is 4.74 Å². The Morgan fingerprint density at radius 2 is 2.22 bits per heavy atom. The number of halogens is 3. The Kier molecular flexibility index (Phi) is 5.50. The van der Waals surface area contributed by atoms with E-state index in [0.717, 1.165) is 0 Å². The monoisotopic (exact) mass is 295 g/mol. The number of anilines is 1. The van der Waals surface area contributed by atoms with E-state index in [0.29, 0.717) is 0 Å². The summed E-state index contributed by atoms with van der Waals surface area (Å²) in [5.74, 6) is -1.73. The summed E-state index contributed by atoms with van der Waals surface area (Å²) in [4.78, 5) is 11.7. The maximum absolute atomic E-state index is 13.8. The second kappa shape index (κ2) is 6.66. The fourth-order valence-electron chi connectivity index (χ4n) is 1.31. The molecular formula is C11H12Cl2FNO3. The number of rotatable bonds is 5. The van der Waals surface area contributed by atoms with Crippen molar-refractivity contribution in [3.8, 4) is 5.75 Å². The highest BCUT2D eigenvalue weighted by Gasteiger charge is 2.24. The zero-order valence-electron chi connectivity index (χ0n) is 9.63. The molecule has 100 valence electrons. The zero-order valence-corrected chi connectivity index (χ0v) is 11.1. The van der Waals surface area contributed by atoms with Gasteiger partial charge in [-0.05, 0) is 13.0 Å². The number of nitrogen functional groups attached to an aromatic ring is 1. The summed E-state index contributed by atoms with van der Waals surface area (Å²) in [6.45, 7) is 1.78. The lowest BCUT2D eigenvalue weighted by Crippen LogP contribution is -2.13. The molecule has 0 amide bonds. The number of hydrogen-bond donors (Lipinski definition) is 1. The molecule has 1 rings (SSSR count). The smallest absolute Gasteiger partial charge is 0.345 e. The third-order valence-electron chi connectivity index (χ3n) is 2.00. The Morgan fingerprint density at radius 3 is 2.78 bits per heavy atom. The molecule has 0 aliphatic heterocycles. The van der Waals surface area contributed by atoms with Gasteiger partial charge >= 0.3 is 5.97 Å². The minimum atomic E-state index is -0.922. The maximum Gasteiger partial charge on any atom is 0.345 e. The molecule has 1 aromatic carbocycles. The van der Waals surface area contributed by atoms with Gasteiger partial charge in [0, 0.05) is 0 Å². The van der Waals surface area contributed by atoms with E-state index >= 15 is 0 Å². The molecule has 0 aliphatic carbocycles. The van der Waals surface area contributed by atoms with Gasteiger partial charge in [0.15, 0.2) is 11.6 Å². The second-order valence-electron chi connectivity index (χ2n) is 3.22. The molecule has 0 aliphatic rings. The Morgan fingerprint density at radius 1 is 1.56 bits per heavy atom. The number of carbonyl (C=O) groups is 1. The first-order valence-electron chi connectivity index (χ1n) is 5.16. The summed E-state index contributed by atoms with van der Waals surface area (Å²) in [5.41, 5.74) is 5.28. The first-order chi connectivity index (χ1) is 8.52. The van der Waals surface area contributed by atoms with Gasteiger partial charge in [0.05, 0.1) is 23.2 Å². The van der Waals surface area contributed by atoms with Gasteiger partial charge in [-0.1, -0.05) is 11.6 Å². The van der Waals surface area contributed by atoms with Crippen molar-refractivity contribution < 1.29 is 18.7 Å². The van der Waals surface area contributed by atoms with Crippen molar-refractivity contribution in [3.63, 3.8) is 0 Å². The van der Waals surface area contributed by atoms with E-state index in [9.17, 15) is 9.18 Å². The van der Waals surface area contributed by atoms with Gasteiger partial charge in [-0.2, -0.15) is 0 Å². The Hall–Kier alpha value is -1.20. The lowest BCUT2D eigenvalue weighted by atomic mass is 10.1. The molecule has 7 heteroatoms. The van der Waals surface area contributed by atoms with Crippen LogP contribution in [0.4, 0.5) is 10.1 Å². The Labute approximate surface area is 114 Å². The number of alkyl halides is 1. The van der Waals surface area contributed by atoms with E-state index in [-0.39, 0.29) is 35.6 Å². The third-order valence-corrected chi connectivity index (χ3v) is 2.43. The lowest BCUT2D eigenvalue weighted by Gasteiger charge is -2.14. The highest BCUT2D eigenvalue weighted by Crippen LogP contribution is 2.34. The minimum Gasteiger partial charge on any atom is -0.489 e. The van der Waals surface area contributed by atoms with Crippen molar-refractivity contribution in [1.82, 2.24) is 0 Å². The Balaban J connectivity index is 3.28. The van der Waals surface area contributed by atoms with Crippen LogP contribution in [0.5, 0.6) is 5.75 Å². The molecule has 0 bridgehead atoms. The summed E-state index contributed by atoms with van der Waals surface area (Å²) in [7, 11) is 0. The fourth-order valence-corrected chi connectivity index (χ4v) is 1.60. The SMILES string of the molecule is CCOC(=O)c1c(F)c(Cl)cc(N)c1OCCCl. The molecule has 0 saturated carbocycles. The van der Waals surface area contributed by atoms with Crippen molar-refractivity contribution in [2.75, 3.05) is 24.8 Å². The molecule has 0 saturated heterocycles. The van der Waals surface area contributed by atoms with Crippen molar-refractivity contribution in [2.45, 2.75) is 6.92 Å². The van der Waals surface area contributed by atoms with E-state index in [1.807, 2.05) is 0 Å². The van der Waals surface area contributed by atoms with Crippen LogP contribution >= 0.6 is 23.2 Å². The van der Waals surface area contributed by atoms with Crippen molar-refractivity contribution in [1.29, 1.82) is 0 Å². The van der Waals surface area contributed by atoms with Gasteiger partial charge in [0.25, 0.3) is 0 Å². The number of benzene rings is 1. The highest BCUT2D eigenvalue weighted by atomic mass is 35.5. The average molecular weight is 296 g/mol. The first-order valence-corrected chi connectivity index (χ1v) is 6.07.